The van der Waals surface area contributed by atoms with Gasteiger partial charge in [0.2, 0.25) is 10.0 Å². The molecule has 1 amide bonds. The number of carbonyl (C=O) groups is 1. The Bertz CT molecular complexity index is 898. The molecule has 0 fully saturated rings. The van der Waals surface area contributed by atoms with E-state index in [1.165, 1.54) is 0 Å². The van der Waals surface area contributed by atoms with Crippen molar-refractivity contribution >= 4 is 15.9 Å². The molecule has 0 radical (unpaired) electrons. The largest absolute Gasteiger partial charge is 0.489 e. The highest BCUT2D eigenvalue weighted by Gasteiger charge is 2.19. The summed E-state index contributed by atoms with van der Waals surface area (Å²) in [6.07, 6.45) is 1.46. The number of nitrogens with one attached hydrogen (secondary N) is 1. The molecule has 2 aromatic carbocycles. The van der Waals surface area contributed by atoms with Gasteiger partial charge in [-0.25, -0.2) is 21.9 Å². The molecule has 0 saturated heterocycles. The van der Waals surface area contributed by atoms with Crippen LogP contribution in [0.4, 0.5) is 8.78 Å². The molecule has 134 valence electrons. The summed E-state index contributed by atoms with van der Waals surface area (Å²) in [5, 5.41) is 0. The number of para-hydroxylation sites is 1. The molecular weight excluding hydrogens is 352 g/mol. The first kappa shape index (κ1) is 18.9. The molecule has 25 heavy (non-hydrogen) atoms. The second-order valence-corrected chi connectivity index (χ2v) is 7.13. The van der Waals surface area contributed by atoms with E-state index in [2.05, 4.69) is 0 Å². The van der Waals surface area contributed by atoms with E-state index in [1.807, 2.05) is 19.1 Å². The lowest BCUT2D eigenvalue weighted by molar-refractivity contribution is 0.0977. The zero-order valence-electron chi connectivity index (χ0n) is 13.7. The van der Waals surface area contributed by atoms with Crippen LogP contribution in [0.25, 0.3) is 0 Å². The first-order valence-corrected chi connectivity index (χ1v) is 9.31. The summed E-state index contributed by atoms with van der Waals surface area (Å²) in [4.78, 5) is 11.7. The van der Waals surface area contributed by atoms with E-state index in [4.69, 9.17) is 4.74 Å². The zero-order chi connectivity index (χ0) is 18.6. The quantitative estimate of drug-likeness (QED) is 0.850. The molecule has 2 rings (SSSR count). The maximum atomic E-state index is 14.1. The lowest BCUT2D eigenvalue weighted by atomic mass is 10.1. The number of sulfonamides is 1. The average molecular weight is 369 g/mol. The van der Waals surface area contributed by atoms with E-state index in [-0.39, 0.29) is 12.2 Å². The van der Waals surface area contributed by atoms with Crippen molar-refractivity contribution in [2.75, 3.05) is 6.26 Å². The van der Waals surface area contributed by atoms with Crippen LogP contribution in [0.2, 0.25) is 0 Å². The third kappa shape index (κ3) is 4.99. The van der Waals surface area contributed by atoms with Gasteiger partial charge in [0.25, 0.3) is 5.91 Å². The summed E-state index contributed by atoms with van der Waals surface area (Å²) in [6, 6.07) is 8.68. The van der Waals surface area contributed by atoms with Crippen molar-refractivity contribution in [1.29, 1.82) is 0 Å². The fraction of sp³-hybridized carbons (Fsp3) is 0.235. The molecule has 1 N–H and O–H groups in total. The lowest BCUT2D eigenvalue weighted by Crippen LogP contribution is -2.30. The Morgan fingerprint density at radius 2 is 1.80 bits per heavy atom. The van der Waals surface area contributed by atoms with Crippen LogP contribution >= 0.6 is 0 Å². The minimum atomic E-state index is -3.88. The van der Waals surface area contributed by atoms with Gasteiger partial charge >= 0.3 is 0 Å². The van der Waals surface area contributed by atoms with Crippen molar-refractivity contribution in [3.8, 4) is 5.75 Å². The number of amides is 1. The number of hydrogen-bond donors (Lipinski definition) is 1. The summed E-state index contributed by atoms with van der Waals surface area (Å²) in [6.45, 7) is 1.71. The first-order valence-electron chi connectivity index (χ1n) is 7.42. The molecule has 2 aromatic rings. The van der Waals surface area contributed by atoms with E-state index in [9.17, 15) is 22.0 Å². The van der Waals surface area contributed by atoms with Crippen LogP contribution in [-0.4, -0.2) is 20.6 Å². The maximum absolute atomic E-state index is 14.1. The third-order valence-electron chi connectivity index (χ3n) is 3.40. The van der Waals surface area contributed by atoms with E-state index in [0.717, 1.165) is 24.3 Å². The van der Waals surface area contributed by atoms with Crippen molar-refractivity contribution in [3.63, 3.8) is 0 Å². The van der Waals surface area contributed by atoms with Gasteiger partial charge in [0.15, 0.2) is 0 Å². The van der Waals surface area contributed by atoms with Crippen LogP contribution in [-0.2, 0) is 23.1 Å². The van der Waals surface area contributed by atoms with Gasteiger partial charge in [-0.2, -0.15) is 0 Å². The second kappa shape index (κ2) is 7.60. The van der Waals surface area contributed by atoms with Gasteiger partial charge in [0.05, 0.1) is 11.8 Å². The van der Waals surface area contributed by atoms with Crippen molar-refractivity contribution in [2.45, 2.75) is 20.0 Å². The average Bonchev–Trinajstić information content (AvgIpc) is 2.53. The number of hydrogen-bond acceptors (Lipinski definition) is 4. The van der Waals surface area contributed by atoms with E-state index in [1.54, 1.807) is 16.9 Å². The molecule has 0 atom stereocenters. The van der Waals surface area contributed by atoms with Gasteiger partial charge in [-0.05, 0) is 30.2 Å². The second-order valence-electron chi connectivity index (χ2n) is 5.38. The number of aryl methyl sites for hydroxylation is 1. The van der Waals surface area contributed by atoms with E-state index < -0.39 is 33.1 Å². The molecule has 0 aliphatic rings. The topological polar surface area (TPSA) is 72.5 Å². The van der Waals surface area contributed by atoms with E-state index >= 15 is 0 Å². The van der Waals surface area contributed by atoms with Crippen LogP contribution in [0.5, 0.6) is 5.75 Å². The molecule has 8 heteroatoms. The maximum Gasteiger partial charge on any atom is 0.267 e. The highest BCUT2D eigenvalue weighted by Crippen LogP contribution is 2.22. The minimum Gasteiger partial charge on any atom is -0.489 e. The molecule has 0 spiro atoms. The summed E-state index contributed by atoms with van der Waals surface area (Å²) in [7, 11) is -3.88. The molecule has 0 aromatic heterocycles. The summed E-state index contributed by atoms with van der Waals surface area (Å²) in [5.74, 6) is -2.58. The van der Waals surface area contributed by atoms with Gasteiger partial charge in [-0.1, -0.05) is 25.1 Å². The normalized spacial score (nSPS) is 11.2. The number of halogens is 2. The third-order valence-corrected chi connectivity index (χ3v) is 3.95. The predicted octanol–water partition coefficient (Wildman–Crippen LogP) is 2.80. The van der Waals surface area contributed by atoms with Gasteiger partial charge in [0, 0.05) is 5.56 Å². The Hall–Kier alpha value is -2.48. The van der Waals surface area contributed by atoms with Crippen LogP contribution in [0.3, 0.4) is 0 Å². The minimum absolute atomic E-state index is 0.0840. The lowest BCUT2D eigenvalue weighted by Gasteiger charge is -2.12. The Labute approximate surface area is 144 Å². The van der Waals surface area contributed by atoms with Crippen LogP contribution in [0.1, 0.15) is 28.4 Å². The van der Waals surface area contributed by atoms with Crippen molar-refractivity contribution in [3.05, 3.63) is 64.7 Å². The van der Waals surface area contributed by atoms with Crippen molar-refractivity contribution in [2.24, 2.45) is 0 Å². The van der Waals surface area contributed by atoms with Crippen molar-refractivity contribution in [1.82, 2.24) is 4.72 Å². The predicted molar refractivity (Wildman–Crippen MR) is 88.8 cm³/mol. The van der Waals surface area contributed by atoms with E-state index in [0.29, 0.717) is 11.8 Å². The Morgan fingerprint density at radius 1 is 1.12 bits per heavy atom. The van der Waals surface area contributed by atoms with Crippen LogP contribution in [0.15, 0.2) is 36.4 Å². The van der Waals surface area contributed by atoms with Crippen molar-refractivity contribution < 1.29 is 26.7 Å². The fourth-order valence-electron chi connectivity index (χ4n) is 2.19. The molecule has 0 bridgehead atoms. The van der Waals surface area contributed by atoms with Gasteiger partial charge < -0.3 is 4.74 Å². The molecule has 0 unspecified atom stereocenters. The summed E-state index contributed by atoms with van der Waals surface area (Å²) in [5.41, 5.74) is 0.146. The SMILES string of the molecule is CCc1ccccc1OCc1cc(F)c(C(=O)NS(C)(=O)=O)cc1F. The number of ether oxygens (including phenoxy) is 1. The Morgan fingerprint density at radius 3 is 2.44 bits per heavy atom. The van der Waals surface area contributed by atoms with Gasteiger partial charge in [-0.15, -0.1) is 0 Å². The Kier molecular flexibility index (Phi) is 5.73. The van der Waals surface area contributed by atoms with Crippen LogP contribution < -0.4 is 9.46 Å². The highest BCUT2D eigenvalue weighted by molar-refractivity contribution is 7.89. The molecule has 0 aliphatic carbocycles. The van der Waals surface area contributed by atoms with Gasteiger partial charge in [0.1, 0.15) is 24.0 Å². The number of rotatable bonds is 6. The first-order chi connectivity index (χ1) is 11.7. The molecule has 0 saturated carbocycles. The number of carbonyl (C=O) groups excluding carboxylic acids is 1. The highest BCUT2D eigenvalue weighted by atomic mass is 32.2. The molecule has 5 nitrogen and oxygen atoms in total. The zero-order valence-corrected chi connectivity index (χ0v) is 14.5. The standard InChI is InChI=1S/C17H17F2NO4S/c1-3-11-6-4-5-7-16(11)24-10-12-8-15(19)13(9-14(12)18)17(21)20-25(2,22)23/h4-9H,3,10H2,1-2H3,(H,20,21). The van der Waals surface area contributed by atoms with Crippen LogP contribution in [0, 0.1) is 11.6 Å². The Balaban J connectivity index is 2.21. The molecule has 0 heterocycles. The monoisotopic (exact) mass is 369 g/mol. The van der Waals surface area contributed by atoms with Gasteiger partial charge in [-0.3, -0.25) is 4.79 Å². The summed E-state index contributed by atoms with van der Waals surface area (Å²) >= 11 is 0. The number of benzene rings is 2. The molecular formula is C17H17F2NO4S. The molecule has 0 aliphatic heterocycles. The smallest absolute Gasteiger partial charge is 0.267 e. The summed E-state index contributed by atoms with van der Waals surface area (Å²) < 4.78 is 57.4. The fourth-order valence-corrected chi connectivity index (χ4v) is 2.63.